The second-order valence-corrected chi connectivity index (χ2v) is 6.49. The van der Waals surface area contributed by atoms with Crippen molar-refractivity contribution in [3.05, 3.63) is 73.9 Å². The average molecular weight is 359 g/mol. The fourth-order valence-corrected chi connectivity index (χ4v) is 3.20. The highest BCUT2D eigenvalue weighted by atomic mass is 16.6. The van der Waals surface area contributed by atoms with Crippen LogP contribution in [0.3, 0.4) is 0 Å². The molecule has 2 atom stereocenters. The third kappa shape index (κ3) is 4.53. The van der Waals surface area contributed by atoms with Crippen molar-refractivity contribution in [3.63, 3.8) is 0 Å². The van der Waals surface area contributed by atoms with Crippen LogP contribution in [0.4, 0.5) is 5.69 Å². The number of allylic oxidation sites excluding steroid dienone is 1. The molecule has 2 unspecified atom stereocenters. The van der Waals surface area contributed by atoms with E-state index in [1.54, 1.807) is 18.2 Å². The average Bonchev–Trinajstić information content (AvgIpc) is 2.67. The molecule has 1 fully saturated rings. The fraction of sp³-hybridized carbons (Fsp3) is 0.444. The molecule has 1 aliphatic carbocycles. The Labute approximate surface area is 151 Å². The van der Waals surface area contributed by atoms with Gasteiger partial charge in [-0.15, -0.1) is 0 Å². The number of ether oxygens (including phenoxy) is 1. The second-order valence-electron chi connectivity index (χ2n) is 6.49. The summed E-state index contributed by atoms with van der Waals surface area (Å²) < 4.78 is 5.81. The highest BCUT2D eigenvalue weighted by molar-refractivity contribution is 5.34. The van der Waals surface area contributed by atoms with E-state index in [-0.39, 0.29) is 16.7 Å². The van der Waals surface area contributed by atoms with Crippen molar-refractivity contribution >= 4 is 5.69 Å². The third-order valence-electron chi connectivity index (χ3n) is 4.77. The van der Waals surface area contributed by atoms with Gasteiger partial charge in [-0.25, -0.2) is 0 Å². The number of non-ortho nitro benzene ring substituents is 1. The van der Waals surface area contributed by atoms with E-state index in [2.05, 4.69) is 4.90 Å². The first kappa shape index (κ1) is 18.2. The number of hydrogen-bond acceptors (Lipinski definition) is 6. The maximum absolute atomic E-state index is 10.8. The van der Waals surface area contributed by atoms with Gasteiger partial charge in [0.2, 0.25) is 6.04 Å². The molecule has 8 heteroatoms. The predicted octanol–water partition coefficient (Wildman–Crippen LogP) is 2.89. The molecule has 0 bridgehead atoms. The van der Waals surface area contributed by atoms with E-state index < -0.39 is 11.0 Å². The standard InChI is InChI=1S/C18H21N3O5/c22-20(23)16-5-1-14(2-6-16)9-10-19-11-12-26-18(13-19)15-3-7-17(8-4-15)21(24)25/h1-5,7-8,16,18H,6,9-13H2. The summed E-state index contributed by atoms with van der Waals surface area (Å²) in [7, 11) is 0. The summed E-state index contributed by atoms with van der Waals surface area (Å²) in [6.07, 6.45) is 6.65. The molecule has 1 aromatic rings. The van der Waals surface area contributed by atoms with Gasteiger partial charge in [-0.2, -0.15) is 0 Å². The van der Waals surface area contributed by atoms with Gasteiger partial charge >= 0.3 is 0 Å². The molecule has 0 amide bonds. The van der Waals surface area contributed by atoms with Crippen molar-refractivity contribution in [3.8, 4) is 0 Å². The van der Waals surface area contributed by atoms with Crippen LogP contribution in [0.5, 0.6) is 0 Å². The first-order valence-corrected chi connectivity index (χ1v) is 8.62. The van der Waals surface area contributed by atoms with E-state index in [1.165, 1.54) is 12.1 Å². The van der Waals surface area contributed by atoms with E-state index in [9.17, 15) is 20.2 Å². The molecule has 8 nitrogen and oxygen atoms in total. The van der Waals surface area contributed by atoms with E-state index in [0.717, 1.165) is 37.2 Å². The molecule has 0 saturated carbocycles. The SMILES string of the molecule is O=[N+]([O-])c1ccc(C2CN(CCC3=CCC([N+](=O)[O-])C=C3)CCO2)cc1. The highest BCUT2D eigenvalue weighted by Crippen LogP contribution is 2.25. The van der Waals surface area contributed by atoms with Crippen molar-refractivity contribution in [1.82, 2.24) is 4.90 Å². The van der Waals surface area contributed by atoms with E-state index in [0.29, 0.717) is 13.0 Å². The Morgan fingerprint density at radius 3 is 2.58 bits per heavy atom. The van der Waals surface area contributed by atoms with Gasteiger partial charge in [-0.3, -0.25) is 25.1 Å². The maximum Gasteiger partial charge on any atom is 0.269 e. The number of hydrogen-bond donors (Lipinski definition) is 0. The minimum atomic E-state index is -0.603. The monoisotopic (exact) mass is 359 g/mol. The molecule has 26 heavy (non-hydrogen) atoms. The predicted molar refractivity (Wildman–Crippen MR) is 95.5 cm³/mol. The molecule has 0 aromatic heterocycles. The van der Waals surface area contributed by atoms with Crippen molar-refractivity contribution in [2.75, 3.05) is 26.2 Å². The van der Waals surface area contributed by atoms with Gasteiger partial charge in [-0.1, -0.05) is 17.7 Å². The lowest BCUT2D eigenvalue weighted by Gasteiger charge is -2.33. The van der Waals surface area contributed by atoms with Gasteiger partial charge in [0.15, 0.2) is 0 Å². The molecular weight excluding hydrogens is 338 g/mol. The first-order valence-electron chi connectivity index (χ1n) is 8.62. The lowest BCUT2D eigenvalue weighted by molar-refractivity contribution is -0.508. The minimum Gasteiger partial charge on any atom is -0.371 e. The molecule has 2 aliphatic rings. The Kier molecular flexibility index (Phi) is 5.75. The van der Waals surface area contributed by atoms with Gasteiger partial charge < -0.3 is 4.74 Å². The van der Waals surface area contributed by atoms with Crippen LogP contribution in [0.2, 0.25) is 0 Å². The Hall–Kier alpha value is -2.58. The van der Waals surface area contributed by atoms with Crippen LogP contribution >= 0.6 is 0 Å². The Bertz CT molecular complexity index is 729. The molecule has 0 N–H and O–H groups in total. The molecule has 1 saturated heterocycles. The molecule has 0 radical (unpaired) electrons. The summed E-state index contributed by atoms with van der Waals surface area (Å²) in [6.45, 7) is 3.02. The smallest absolute Gasteiger partial charge is 0.269 e. The van der Waals surface area contributed by atoms with Crippen LogP contribution in [-0.4, -0.2) is 47.0 Å². The van der Waals surface area contributed by atoms with E-state index >= 15 is 0 Å². The summed E-state index contributed by atoms with van der Waals surface area (Å²) in [5.74, 6) is 0. The van der Waals surface area contributed by atoms with Gasteiger partial charge in [0.25, 0.3) is 5.69 Å². The van der Waals surface area contributed by atoms with Crippen molar-refractivity contribution in [2.45, 2.75) is 25.0 Å². The van der Waals surface area contributed by atoms with Crippen LogP contribution < -0.4 is 0 Å². The molecule has 1 aliphatic heterocycles. The normalized spacial score (nSPS) is 23.5. The zero-order chi connectivity index (χ0) is 18.5. The van der Waals surface area contributed by atoms with Crippen LogP contribution in [0, 0.1) is 20.2 Å². The van der Waals surface area contributed by atoms with E-state index in [4.69, 9.17) is 4.74 Å². The number of nitro benzene ring substituents is 1. The number of benzene rings is 1. The van der Waals surface area contributed by atoms with Crippen LogP contribution in [0.25, 0.3) is 0 Å². The molecule has 138 valence electrons. The Balaban J connectivity index is 1.52. The Morgan fingerprint density at radius 1 is 1.19 bits per heavy atom. The van der Waals surface area contributed by atoms with Gasteiger partial charge in [0.1, 0.15) is 0 Å². The van der Waals surface area contributed by atoms with Crippen molar-refractivity contribution < 1.29 is 14.6 Å². The van der Waals surface area contributed by atoms with Gasteiger partial charge in [-0.05, 0) is 30.2 Å². The molecule has 1 heterocycles. The number of nitrogens with zero attached hydrogens (tertiary/aromatic N) is 3. The fourth-order valence-electron chi connectivity index (χ4n) is 3.20. The van der Waals surface area contributed by atoms with Crippen LogP contribution in [0.1, 0.15) is 24.5 Å². The second kappa shape index (κ2) is 8.20. The zero-order valence-corrected chi connectivity index (χ0v) is 14.3. The van der Waals surface area contributed by atoms with Gasteiger partial charge in [0, 0.05) is 43.1 Å². The minimum absolute atomic E-state index is 0.0745. The quantitative estimate of drug-likeness (QED) is 0.572. The number of nitro groups is 2. The third-order valence-corrected chi connectivity index (χ3v) is 4.77. The zero-order valence-electron chi connectivity index (χ0n) is 14.3. The molecule has 1 aromatic carbocycles. The van der Waals surface area contributed by atoms with Crippen LogP contribution in [0.15, 0.2) is 48.1 Å². The summed E-state index contributed by atoms with van der Waals surface area (Å²) in [5.41, 5.74) is 2.14. The lowest BCUT2D eigenvalue weighted by Crippen LogP contribution is -2.39. The number of morpholine rings is 1. The summed E-state index contributed by atoms with van der Waals surface area (Å²) in [6, 6.07) is 5.89. The lowest BCUT2D eigenvalue weighted by atomic mass is 10.0. The molecule has 0 spiro atoms. The van der Waals surface area contributed by atoms with Gasteiger partial charge in [0.05, 0.1) is 17.6 Å². The number of rotatable bonds is 6. The van der Waals surface area contributed by atoms with Crippen molar-refractivity contribution in [2.24, 2.45) is 0 Å². The van der Waals surface area contributed by atoms with Crippen molar-refractivity contribution in [1.29, 1.82) is 0 Å². The first-order chi connectivity index (χ1) is 12.5. The topological polar surface area (TPSA) is 98.8 Å². The summed E-state index contributed by atoms with van der Waals surface area (Å²) in [5, 5.41) is 21.5. The maximum atomic E-state index is 10.8. The molecule has 3 rings (SSSR count). The summed E-state index contributed by atoms with van der Waals surface area (Å²) >= 11 is 0. The van der Waals surface area contributed by atoms with Crippen LogP contribution in [-0.2, 0) is 4.74 Å². The largest absolute Gasteiger partial charge is 0.371 e. The van der Waals surface area contributed by atoms with E-state index in [1.807, 2.05) is 12.2 Å². The highest BCUT2D eigenvalue weighted by Gasteiger charge is 2.23. The molecular formula is C18H21N3O5. The summed E-state index contributed by atoms with van der Waals surface area (Å²) in [4.78, 5) is 23.1. The Morgan fingerprint density at radius 2 is 1.96 bits per heavy atom.